The zero-order valence-electron chi connectivity index (χ0n) is 17.4. The Hall–Kier alpha value is -2.41. The largest absolute Gasteiger partial charge is 0.266 e. The van der Waals surface area contributed by atoms with Gasteiger partial charge >= 0.3 is 0 Å². The zero-order chi connectivity index (χ0) is 20.6. The third-order valence-electron chi connectivity index (χ3n) is 5.41. The van der Waals surface area contributed by atoms with Crippen molar-refractivity contribution in [3.05, 3.63) is 47.3 Å². The first-order valence-electron chi connectivity index (χ1n) is 9.61. The molecular formula is C21H28N4O2S. The highest BCUT2D eigenvalue weighted by Gasteiger charge is 2.31. The van der Waals surface area contributed by atoms with E-state index >= 15 is 0 Å². The van der Waals surface area contributed by atoms with E-state index in [0.717, 1.165) is 35.0 Å². The number of fused-ring (bicyclic) bond motifs is 1. The smallest absolute Gasteiger partial charge is 0.263 e. The summed E-state index contributed by atoms with van der Waals surface area (Å²) in [5.41, 5.74) is 4.35. The van der Waals surface area contributed by atoms with Crippen LogP contribution in [0.25, 0.3) is 11.0 Å². The summed E-state index contributed by atoms with van der Waals surface area (Å²) in [7, 11) is -1.96. The third kappa shape index (κ3) is 3.39. The van der Waals surface area contributed by atoms with Gasteiger partial charge in [-0.25, -0.2) is 13.4 Å². The lowest BCUT2D eigenvalue weighted by Gasteiger charge is -2.32. The van der Waals surface area contributed by atoms with Gasteiger partial charge in [0.1, 0.15) is 4.90 Å². The molecule has 0 spiro atoms. The van der Waals surface area contributed by atoms with Gasteiger partial charge in [0, 0.05) is 24.7 Å². The molecule has 2 aromatic heterocycles. The van der Waals surface area contributed by atoms with E-state index in [9.17, 15) is 8.42 Å². The number of rotatable bonds is 6. The van der Waals surface area contributed by atoms with Crippen molar-refractivity contribution in [1.29, 1.82) is 0 Å². The zero-order valence-corrected chi connectivity index (χ0v) is 18.2. The Morgan fingerprint density at radius 3 is 2.36 bits per heavy atom. The Morgan fingerprint density at radius 1 is 1.07 bits per heavy atom. The Morgan fingerprint density at radius 2 is 1.75 bits per heavy atom. The summed E-state index contributed by atoms with van der Waals surface area (Å²) >= 11 is 0. The summed E-state index contributed by atoms with van der Waals surface area (Å²) in [5, 5.41) is 5.11. The number of pyridine rings is 1. The van der Waals surface area contributed by atoms with Crippen molar-refractivity contribution >= 4 is 26.7 Å². The predicted octanol–water partition coefficient (Wildman–Crippen LogP) is 4.28. The molecule has 150 valence electrons. The lowest BCUT2D eigenvalue weighted by atomic mass is 10.1. The Balaban J connectivity index is 2.20. The average Bonchev–Trinajstić information content (AvgIpc) is 2.95. The molecule has 0 fully saturated rings. The molecule has 0 aliphatic carbocycles. The van der Waals surface area contributed by atoms with Crippen LogP contribution in [0, 0.1) is 20.8 Å². The first-order chi connectivity index (χ1) is 13.2. The van der Waals surface area contributed by atoms with Crippen LogP contribution in [-0.4, -0.2) is 29.2 Å². The van der Waals surface area contributed by atoms with Crippen LogP contribution in [0.4, 0.5) is 5.69 Å². The van der Waals surface area contributed by atoms with Gasteiger partial charge < -0.3 is 0 Å². The van der Waals surface area contributed by atoms with E-state index in [1.807, 2.05) is 59.9 Å². The maximum absolute atomic E-state index is 13.7. The highest BCUT2D eigenvalue weighted by atomic mass is 32.2. The Bertz CT molecular complexity index is 1110. The minimum atomic E-state index is -3.77. The number of aromatic nitrogens is 3. The van der Waals surface area contributed by atoms with Crippen molar-refractivity contribution < 1.29 is 8.42 Å². The van der Waals surface area contributed by atoms with Crippen molar-refractivity contribution in [2.45, 2.75) is 58.4 Å². The molecule has 0 bridgehead atoms. The molecule has 0 aliphatic rings. The van der Waals surface area contributed by atoms with Crippen molar-refractivity contribution in [3.63, 3.8) is 0 Å². The van der Waals surface area contributed by atoms with Gasteiger partial charge in [-0.3, -0.25) is 8.99 Å². The van der Waals surface area contributed by atoms with Gasteiger partial charge in [-0.05, 0) is 62.9 Å². The molecule has 6 nitrogen and oxygen atoms in total. The lowest BCUT2D eigenvalue weighted by molar-refractivity contribution is 0.560. The SMILES string of the molecule is CCC(CC)N(c1ccc(C)c(C)c1)S(=O)(=O)c1cnc2c(c1)c(C)nn2C. The molecule has 0 radical (unpaired) electrons. The molecule has 0 aliphatic heterocycles. The Labute approximate surface area is 167 Å². The maximum Gasteiger partial charge on any atom is 0.266 e. The number of anilines is 1. The van der Waals surface area contributed by atoms with Crippen LogP contribution < -0.4 is 4.31 Å². The van der Waals surface area contributed by atoms with Gasteiger partial charge in [0.05, 0.1) is 11.4 Å². The van der Waals surface area contributed by atoms with Crippen LogP contribution in [0.5, 0.6) is 0 Å². The van der Waals surface area contributed by atoms with Crippen LogP contribution in [-0.2, 0) is 17.1 Å². The molecule has 2 heterocycles. The Kier molecular flexibility index (Phi) is 5.48. The van der Waals surface area contributed by atoms with E-state index in [1.54, 1.807) is 15.1 Å². The monoisotopic (exact) mass is 400 g/mol. The molecule has 3 rings (SSSR count). The van der Waals surface area contributed by atoms with Gasteiger partial charge in [-0.1, -0.05) is 19.9 Å². The molecule has 0 amide bonds. The summed E-state index contributed by atoms with van der Waals surface area (Å²) in [6, 6.07) is 7.38. The van der Waals surface area contributed by atoms with Crippen LogP contribution >= 0.6 is 0 Å². The molecular weight excluding hydrogens is 372 g/mol. The van der Waals surface area contributed by atoms with Crippen LogP contribution in [0.15, 0.2) is 35.4 Å². The fourth-order valence-corrected chi connectivity index (χ4v) is 5.33. The normalized spacial score (nSPS) is 12.1. The van der Waals surface area contributed by atoms with E-state index in [4.69, 9.17) is 0 Å². The molecule has 1 aromatic carbocycles. The third-order valence-corrected chi connectivity index (χ3v) is 7.26. The standard InChI is InChI=1S/C21H28N4O2S/c1-7-17(8-2)25(18-10-9-14(3)15(4)11-18)28(26,27)19-12-20-16(5)23-24(6)21(20)22-13-19/h9-13,17H,7-8H2,1-6H3. The highest BCUT2D eigenvalue weighted by molar-refractivity contribution is 7.92. The van der Waals surface area contributed by atoms with Crippen molar-refractivity contribution in [1.82, 2.24) is 14.8 Å². The highest BCUT2D eigenvalue weighted by Crippen LogP contribution is 2.31. The number of aryl methyl sites for hydroxylation is 4. The number of benzene rings is 1. The quantitative estimate of drug-likeness (QED) is 0.619. The van der Waals surface area contributed by atoms with Crippen LogP contribution in [0.1, 0.15) is 43.5 Å². The second kappa shape index (κ2) is 7.54. The molecule has 0 saturated carbocycles. The molecule has 7 heteroatoms. The number of nitrogens with zero attached hydrogens (tertiary/aromatic N) is 4. The minimum absolute atomic E-state index is 0.127. The predicted molar refractivity (Wildman–Crippen MR) is 113 cm³/mol. The molecule has 0 unspecified atom stereocenters. The van der Waals surface area contributed by atoms with Crippen molar-refractivity contribution in [2.24, 2.45) is 7.05 Å². The van der Waals surface area contributed by atoms with E-state index in [-0.39, 0.29) is 10.9 Å². The topological polar surface area (TPSA) is 68.1 Å². The van der Waals surface area contributed by atoms with E-state index in [0.29, 0.717) is 11.3 Å². The summed E-state index contributed by atoms with van der Waals surface area (Å²) in [5.74, 6) is 0. The maximum atomic E-state index is 13.7. The van der Waals surface area contributed by atoms with Gasteiger partial charge in [-0.15, -0.1) is 0 Å². The van der Waals surface area contributed by atoms with Crippen molar-refractivity contribution in [2.75, 3.05) is 4.31 Å². The lowest BCUT2D eigenvalue weighted by Crippen LogP contribution is -2.40. The van der Waals surface area contributed by atoms with Crippen LogP contribution in [0.2, 0.25) is 0 Å². The fourth-order valence-electron chi connectivity index (χ4n) is 3.57. The summed E-state index contributed by atoms with van der Waals surface area (Å²) in [6.07, 6.45) is 2.89. The number of hydrogen-bond donors (Lipinski definition) is 0. The molecule has 0 saturated heterocycles. The first kappa shape index (κ1) is 20.3. The molecule has 3 aromatic rings. The number of sulfonamides is 1. The summed E-state index contributed by atoms with van der Waals surface area (Å²) in [6.45, 7) is 9.93. The average molecular weight is 401 g/mol. The van der Waals surface area contributed by atoms with Crippen LogP contribution in [0.3, 0.4) is 0 Å². The minimum Gasteiger partial charge on any atom is -0.263 e. The van der Waals surface area contributed by atoms with Gasteiger partial charge in [0.15, 0.2) is 5.65 Å². The second-order valence-corrected chi connectivity index (χ2v) is 9.11. The second-order valence-electron chi connectivity index (χ2n) is 7.29. The van der Waals surface area contributed by atoms with Gasteiger partial charge in [0.25, 0.3) is 10.0 Å². The van der Waals surface area contributed by atoms with Crippen molar-refractivity contribution in [3.8, 4) is 0 Å². The molecule has 0 atom stereocenters. The van der Waals surface area contributed by atoms with Gasteiger partial charge in [0.2, 0.25) is 0 Å². The first-order valence-corrected chi connectivity index (χ1v) is 11.1. The van der Waals surface area contributed by atoms with Gasteiger partial charge in [-0.2, -0.15) is 5.10 Å². The number of hydrogen-bond acceptors (Lipinski definition) is 4. The summed E-state index contributed by atoms with van der Waals surface area (Å²) < 4.78 is 30.7. The molecule has 28 heavy (non-hydrogen) atoms. The van der Waals surface area contributed by atoms with E-state index in [1.165, 1.54) is 6.20 Å². The van der Waals surface area contributed by atoms with E-state index < -0.39 is 10.0 Å². The van der Waals surface area contributed by atoms with E-state index in [2.05, 4.69) is 10.1 Å². The molecule has 0 N–H and O–H groups in total. The summed E-state index contributed by atoms with van der Waals surface area (Å²) in [4.78, 5) is 4.58. The fraction of sp³-hybridized carbons (Fsp3) is 0.429.